The van der Waals surface area contributed by atoms with E-state index in [4.69, 9.17) is 0 Å². The first kappa shape index (κ1) is 9.06. The van der Waals surface area contributed by atoms with E-state index in [-0.39, 0.29) is 0 Å². The minimum Gasteiger partial charge on any atom is -0.369 e. The van der Waals surface area contributed by atoms with E-state index in [1.165, 1.54) is 6.42 Å². The van der Waals surface area contributed by atoms with E-state index in [9.17, 15) is 0 Å². The maximum absolute atomic E-state index is 4.37. The molecule has 0 spiro atoms. The van der Waals surface area contributed by atoms with Crippen LogP contribution in [0, 0.1) is 5.92 Å². The molecule has 72 valence electrons. The Morgan fingerprint density at radius 3 is 3.15 bits per heavy atom. The van der Waals surface area contributed by atoms with E-state index in [0.29, 0.717) is 12.0 Å². The molecule has 0 aliphatic carbocycles. The van der Waals surface area contributed by atoms with Crippen LogP contribution in [0.1, 0.15) is 26.3 Å². The van der Waals surface area contributed by atoms with Crippen LogP contribution in [0.5, 0.6) is 0 Å². The Labute approximate surface area is 86.6 Å². The fraction of sp³-hybridized carbons (Fsp3) is 0.667. The molecule has 0 fully saturated rings. The first-order valence-corrected chi connectivity index (χ1v) is 5.46. The van der Waals surface area contributed by atoms with E-state index < -0.39 is 0 Å². The van der Waals surface area contributed by atoms with Gasteiger partial charge in [-0.1, -0.05) is 13.8 Å². The van der Waals surface area contributed by atoms with Crippen LogP contribution in [0.25, 0.3) is 0 Å². The summed E-state index contributed by atoms with van der Waals surface area (Å²) in [5, 5.41) is 7.72. The third kappa shape index (κ3) is 1.47. The van der Waals surface area contributed by atoms with Crippen molar-refractivity contribution in [2.75, 3.05) is 11.9 Å². The second-order valence-electron chi connectivity index (χ2n) is 3.81. The molecule has 2 heterocycles. The highest BCUT2D eigenvalue weighted by atomic mass is 79.9. The number of anilines is 1. The lowest BCUT2D eigenvalue weighted by molar-refractivity contribution is 0.323. The van der Waals surface area contributed by atoms with Crippen molar-refractivity contribution < 1.29 is 0 Å². The third-order valence-electron chi connectivity index (χ3n) is 2.57. The van der Waals surface area contributed by atoms with Crippen molar-refractivity contribution in [2.45, 2.75) is 26.3 Å². The molecule has 4 heteroatoms. The molecule has 1 N–H and O–H groups in total. The Bertz CT molecular complexity index is 306. The zero-order valence-corrected chi connectivity index (χ0v) is 9.50. The van der Waals surface area contributed by atoms with Crippen molar-refractivity contribution in [2.24, 2.45) is 5.92 Å². The standard InChI is InChI=1S/C9H14BrN3/c1-6(2)8-3-4-11-9-7(10)5-12-13(8)9/h5-6,8,11H,3-4H2,1-2H3. The van der Waals surface area contributed by atoms with Gasteiger partial charge in [0.25, 0.3) is 0 Å². The molecular weight excluding hydrogens is 230 g/mol. The first-order chi connectivity index (χ1) is 6.20. The highest BCUT2D eigenvalue weighted by molar-refractivity contribution is 9.10. The Kier molecular flexibility index (Phi) is 2.32. The molecule has 1 atom stereocenters. The van der Waals surface area contributed by atoms with Gasteiger partial charge < -0.3 is 5.32 Å². The molecule has 3 nitrogen and oxygen atoms in total. The van der Waals surface area contributed by atoms with Crippen LogP contribution in [0.15, 0.2) is 10.7 Å². The van der Waals surface area contributed by atoms with Crippen molar-refractivity contribution in [1.29, 1.82) is 0 Å². The monoisotopic (exact) mass is 243 g/mol. The van der Waals surface area contributed by atoms with Crippen LogP contribution < -0.4 is 5.32 Å². The van der Waals surface area contributed by atoms with Gasteiger partial charge in [-0.3, -0.25) is 0 Å². The number of rotatable bonds is 1. The van der Waals surface area contributed by atoms with Crippen molar-refractivity contribution in [3.05, 3.63) is 10.7 Å². The van der Waals surface area contributed by atoms with Crippen LogP contribution in [-0.2, 0) is 0 Å². The Hall–Kier alpha value is -0.510. The van der Waals surface area contributed by atoms with E-state index in [1.807, 2.05) is 6.20 Å². The number of nitrogens with one attached hydrogen (secondary N) is 1. The number of halogens is 1. The van der Waals surface area contributed by atoms with Gasteiger partial charge in [0, 0.05) is 6.54 Å². The Morgan fingerprint density at radius 1 is 1.69 bits per heavy atom. The Balaban J connectivity index is 2.38. The second kappa shape index (κ2) is 3.33. The average Bonchev–Trinajstić information content (AvgIpc) is 2.48. The van der Waals surface area contributed by atoms with Crippen LogP contribution in [-0.4, -0.2) is 16.3 Å². The first-order valence-electron chi connectivity index (χ1n) is 4.67. The van der Waals surface area contributed by atoms with Crippen molar-refractivity contribution >= 4 is 21.7 Å². The van der Waals surface area contributed by atoms with Crippen molar-refractivity contribution in [3.8, 4) is 0 Å². The summed E-state index contributed by atoms with van der Waals surface area (Å²) in [7, 11) is 0. The van der Waals surface area contributed by atoms with Crippen LogP contribution >= 0.6 is 15.9 Å². The summed E-state index contributed by atoms with van der Waals surface area (Å²) >= 11 is 3.48. The third-order valence-corrected chi connectivity index (χ3v) is 3.15. The lowest BCUT2D eigenvalue weighted by atomic mass is 10.00. The average molecular weight is 244 g/mol. The molecule has 1 aromatic heterocycles. The number of hydrogen-bond acceptors (Lipinski definition) is 2. The summed E-state index contributed by atoms with van der Waals surface area (Å²) in [4.78, 5) is 0. The van der Waals surface area contributed by atoms with E-state index in [0.717, 1.165) is 16.8 Å². The predicted octanol–water partition coefficient (Wildman–Crippen LogP) is 2.66. The molecule has 1 unspecified atom stereocenters. The summed E-state index contributed by atoms with van der Waals surface area (Å²) in [6.45, 7) is 5.54. The van der Waals surface area contributed by atoms with Gasteiger partial charge in [-0.15, -0.1) is 0 Å². The number of hydrogen-bond donors (Lipinski definition) is 1. The SMILES string of the molecule is CC(C)C1CCNc2c(Br)cnn21. The topological polar surface area (TPSA) is 29.9 Å². The summed E-state index contributed by atoms with van der Waals surface area (Å²) in [5.74, 6) is 1.78. The minimum atomic E-state index is 0.544. The van der Waals surface area contributed by atoms with Crippen molar-refractivity contribution in [3.63, 3.8) is 0 Å². The summed E-state index contributed by atoms with van der Waals surface area (Å²) < 4.78 is 3.16. The number of nitrogens with zero attached hydrogens (tertiary/aromatic N) is 2. The number of fused-ring (bicyclic) bond motifs is 1. The molecule has 1 aliphatic heterocycles. The molecule has 0 saturated carbocycles. The zero-order valence-electron chi connectivity index (χ0n) is 7.92. The predicted molar refractivity (Wildman–Crippen MR) is 56.9 cm³/mol. The van der Waals surface area contributed by atoms with Gasteiger partial charge in [-0.2, -0.15) is 5.10 Å². The van der Waals surface area contributed by atoms with Gasteiger partial charge in [-0.05, 0) is 28.3 Å². The summed E-state index contributed by atoms with van der Waals surface area (Å²) in [5.41, 5.74) is 0. The maximum atomic E-state index is 4.37. The van der Waals surface area contributed by atoms with E-state index in [1.54, 1.807) is 0 Å². The summed E-state index contributed by atoms with van der Waals surface area (Å²) in [6.07, 6.45) is 3.03. The lowest BCUT2D eigenvalue weighted by Gasteiger charge is -2.28. The normalized spacial score (nSPS) is 21.4. The minimum absolute atomic E-state index is 0.544. The summed E-state index contributed by atoms with van der Waals surface area (Å²) in [6, 6.07) is 0.544. The molecule has 1 aromatic rings. The van der Waals surface area contributed by atoms with Crippen molar-refractivity contribution in [1.82, 2.24) is 9.78 Å². The molecular formula is C9H14BrN3. The molecule has 0 bridgehead atoms. The molecule has 13 heavy (non-hydrogen) atoms. The maximum Gasteiger partial charge on any atom is 0.139 e. The molecule has 0 amide bonds. The lowest BCUT2D eigenvalue weighted by Crippen LogP contribution is -2.26. The van der Waals surface area contributed by atoms with Gasteiger partial charge >= 0.3 is 0 Å². The van der Waals surface area contributed by atoms with Gasteiger partial charge in [0.05, 0.1) is 16.7 Å². The molecule has 1 aliphatic rings. The second-order valence-corrected chi connectivity index (χ2v) is 4.67. The molecule has 0 aromatic carbocycles. The highest BCUT2D eigenvalue weighted by Crippen LogP contribution is 2.33. The van der Waals surface area contributed by atoms with Gasteiger partial charge in [0.2, 0.25) is 0 Å². The fourth-order valence-electron chi connectivity index (χ4n) is 1.83. The highest BCUT2D eigenvalue weighted by Gasteiger charge is 2.24. The smallest absolute Gasteiger partial charge is 0.139 e. The van der Waals surface area contributed by atoms with Gasteiger partial charge in [0.15, 0.2) is 0 Å². The number of aromatic nitrogens is 2. The van der Waals surface area contributed by atoms with E-state index in [2.05, 4.69) is 44.9 Å². The van der Waals surface area contributed by atoms with Crippen LogP contribution in [0.2, 0.25) is 0 Å². The zero-order chi connectivity index (χ0) is 9.42. The quantitative estimate of drug-likeness (QED) is 0.823. The van der Waals surface area contributed by atoms with Crippen LogP contribution in [0.3, 0.4) is 0 Å². The van der Waals surface area contributed by atoms with Gasteiger partial charge in [-0.25, -0.2) is 4.68 Å². The largest absolute Gasteiger partial charge is 0.369 e. The van der Waals surface area contributed by atoms with Crippen LogP contribution in [0.4, 0.5) is 5.82 Å². The van der Waals surface area contributed by atoms with Gasteiger partial charge in [0.1, 0.15) is 5.82 Å². The van der Waals surface area contributed by atoms with E-state index >= 15 is 0 Å². The molecule has 0 saturated heterocycles. The Morgan fingerprint density at radius 2 is 2.46 bits per heavy atom. The molecule has 2 rings (SSSR count). The fourth-order valence-corrected chi connectivity index (χ4v) is 2.25. The molecule has 0 radical (unpaired) electrons.